The Morgan fingerprint density at radius 1 is 1.13 bits per heavy atom. The molecular formula is C23H27N3O4. The summed E-state index contributed by atoms with van der Waals surface area (Å²) < 4.78 is 5.10. The third-order valence-electron chi connectivity index (χ3n) is 5.18. The number of likely N-dealkylation sites (N-methyl/N-ethyl adjacent to an activating group) is 1. The summed E-state index contributed by atoms with van der Waals surface area (Å²) in [7, 11) is 1.58. The molecule has 3 rings (SSSR count). The zero-order valence-electron chi connectivity index (χ0n) is 17.3. The van der Waals surface area contributed by atoms with Crippen molar-refractivity contribution in [3.63, 3.8) is 0 Å². The Labute approximate surface area is 176 Å². The van der Waals surface area contributed by atoms with Gasteiger partial charge in [-0.05, 0) is 36.8 Å². The second-order valence-electron chi connectivity index (χ2n) is 7.29. The average Bonchev–Trinajstić information content (AvgIpc) is 3.13. The van der Waals surface area contributed by atoms with E-state index in [0.717, 1.165) is 5.56 Å². The molecule has 30 heavy (non-hydrogen) atoms. The van der Waals surface area contributed by atoms with Crippen molar-refractivity contribution in [2.45, 2.75) is 19.9 Å². The lowest BCUT2D eigenvalue weighted by molar-refractivity contribution is -0.138. The zero-order valence-corrected chi connectivity index (χ0v) is 17.3. The van der Waals surface area contributed by atoms with Crippen LogP contribution in [0.3, 0.4) is 0 Å². The molecule has 0 saturated carbocycles. The van der Waals surface area contributed by atoms with Gasteiger partial charge in [0.25, 0.3) is 0 Å². The van der Waals surface area contributed by atoms with E-state index >= 15 is 0 Å². The van der Waals surface area contributed by atoms with Gasteiger partial charge in [0.2, 0.25) is 17.7 Å². The molecule has 0 aliphatic carbocycles. The van der Waals surface area contributed by atoms with Crippen molar-refractivity contribution >= 4 is 23.4 Å². The molecule has 0 aromatic heterocycles. The number of hydrogen-bond acceptors (Lipinski definition) is 4. The molecule has 0 spiro atoms. The van der Waals surface area contributed by atoms with Crippen LogP contribution in [0.1, 0.15) is 18.9 Å². The van der Waals surface area contributed by atoms with Crippen molar-refractivity contribution in [2.24, 2.45) is 5.92 Å². The molecule has 1 heterocycles. The number of anilines is 1. The van der Waals surface area contributed by atoms with Gasteiger partial charge in [-0.2, -0.15) is 0 Å². The topological polar surface area (TPSA) is 79.0 Å². The van der Waals surface area contributed by atoms with E-state index in [4.69, 9.17) is 4.74 Å². The number of rotatable bonds is 8. The normalized spacial score (nSPS) is 15.7. The minimum absolute atomic E-state index is 0.0315. The van der Waals surface area contributed by atoms with Gasteiger partial charge in [-0.1, -0.05) is 30.3 Å². The number of nitrogens with zero attached hydrogens (tertiary/aromatic N) is 2. The van der Waals surface area contributed by atoms with E-state index in [2.05, 4.69) is 5.32 Å². The van der Waals surface area contributed by atoms with E-state index < -0.39 is 5.92 Å². The van der Waals surface area contributed by atoms with E-state index in [-0.39, 0.29) is 30.7 Å². The fourth-order valence-electron chi connectivity index (χ4n) is 3.55. The predicted octanol–water partition coefficient (Wildman–Crippen LogP) is 2.53. The SMILES string of the molecule is CCN(CC(=O)Nc1ccc(OC)cc1)C(=O)[C@H]1CC(=O)N(Cc2ccccc2)C1. The van der Waals surface area contributed by atoms with Crippen LogP contribution in [-0.2, 0) is 20.9 Å². The summed E-state index contributed by atoms with van der Waals surface area (Å²) >= 11 is 0. The highest BCUT2D eigenvalue weighted by Crippen LogP contribution is 2.22. The van der Waals surface area contributed by atoms with Gasteiger partial charge in [-0.25, -0.2) is 0 Å². The maximum absolute atomic E-state index is 12.9. The highest BCUT2D eigenvalue weighted by molar-refractivity contribution is 5.96. The molecular weight excluding hydrogens is 382 g/mol. The lowest BCUT2D eigenvalue weighted by atomic mass is 10.1. The molecule has 1 N–H and O–H groups in total. The van der Waals surface area contributed by atoms with Gasteiger partial charge >= 0.3 is 0 Å². The lowest BCUT2D eigenvalue weighted by Crippen LogP contribution is -2.42. The number of carbonyl (C=O) groups excluding carboxylic acids is 3. The van der Waals surface area contributed by atoms with Crippen LogP contribution in [0, 0.1) is 5.92 Å². The molecule has 1 fully saturated rings. The van der Waals surface area contributed by atoms with Crippen LogP contribution in [0.15, 0.2) is 54.6 Å². The molecule has 1 saturated heterocycles. The van der Waals surface area contributed by atoms with Crippen LogP contribution in [0.5, 0.6) is 5.75 Å². The van der Waals surface area contributed by atoms with Gasteiger partial charge < -0.3 is 19.9 Å². The standard InChI is InChI=1S/C23H27N3O4/c1-3-25(16-21(27)24-19-9-11-20(30-2)12-10-19)23(29)18-13-22(28)26(15-18)14-17-7-5-4-6-8-17/h4-12,18H,3,13-16H2,1-2H3,(H,24,27)/t18-/m0/s1. The van der Waals surface area contributed by atoms with Gasteiger partial charge in [-0.3, -0.25) is 14.4 Å². The number of amides is 3. The van der Waals surface area contributed by atoms with E-state index in [1.807, 2.05) is 37.3 Å². The quantitative estimate of drug-likeness (QED) is 0.727. The number of carbonyl (C=O) groups is 3. The van der Waals surface area contributed by atoms with Crippen LogP contribution in [0.2, 0.25) is 0 Å². The molecule has 2 aromatic carbocycles. The summed E-state index contributed by atoms with van der Waals surface area (Å²) in [6.45, 7) is 3.05. The first-order chi connectivity index (χ1) is 14.5. The Balaban J connectivity index is 1.55. The monoisotopic (exact) mass is 409 g/mol. The number of hydrogen-bond donors (Lipinski definition) is 1. The van der Waals surface area contributed by atoms with Crippen LogP contribution in [-0.4, -0.2) is 54.3 Å². The first kappa shape index (κ1) is 21.4. The molecule has 7 nitrogen and oxygen atoms in total. The van der Waals surface area contributed by atoms with Gasteiger partial charge in [0.1, 0.15) is 5.75 Å². The van der Waals surface area contributed by atoms with Crippen molar-refractivity contribution in [1.82, 2.24) is 9.80 Å². The summed E-state index contributed by atoms with van der Waals surface area (Å²) in [5.74, 6) is -0.192. The van der Waals surface area contributed by atoms with Gasteiger partial charge in [-0.15, -0.1) is 0 Å². The Bertz CT molecular complexity index is 883. The number of methoxy groups -OCH3 is 1. The third kappa shape index (κ3) is 5.37. The fraction of sp³-hybridized carbons (Fsp3) is 0.348. The number of likely N-dealkylation sites (tertiary alicyclic amines) is 1. The molecule has 0 radical (unpaired) electrons. The van der Waals surface area contributed by atoms with Crippen LogP contribution in [0.25, 0.3) is 0 Å². The molecule has 1 atom stereocenters. The van der Waals surface area contributed by atoms with Crippen molar-refractivity contribution in [1.29, 1.82) is 0 Å². The van der Waals surface area contributed by atoms with Crippen molar-refractivity contribution < 1.29 is 19.1 Å². The van der Waals surface area contributed by atoms with Crippen molar-refractivity contribution in [3.05, 3.63) is 60.2 Å². The van der Waals surface area contributed by atoms with Gasteiger partial charge in [0.05, 0.1) is 19.6 Å². The summed E-state index contributed by atoms with van der Waals surface area (Å²) in [6.07, 6.45) is 0.183. The molecule has 158 valence electrons. The van der Waals surface area contributed by atoms with E-state index in [1.165, 1.54) is 4.90 Å². The van der Waals surface area contributed by atoms with E-state index in [0.29, 0.717) is 31.1 Å². The Kier molecular flexibility index (Phi) is 7.06. The first-order valence-electron chi connectivity index (χ1n) is 10.0. The van der Waals surface area contributed by atoms with Gasteiger partial charge in [0, 0.05) is 31.7 Å². The summed E-state index contributed by atoms with van der Waals surface area (Å²) in [5, 5.41) is 2.79. The minimum atomic E-state index is -0.421. The second kappa shape index (κ2) is 9.91. The first-order valence-corrected chi connectivity index (χ1v) is 10.0. The Hall–Kier alpha value is -3.35. The predicted molar refractivity (Wildman–Crippen MR) is 114 cm³/mol. The summed E-state index contributed by atoms with van der Waals surface area (Å²) in [6, 6.07) is 16.7. The number of nitrogens with one attached hydrogen (secondary N) is 1. The average molecular weight is 409 g/mol. The maximum Gasteiger partial charge on any atom is 0.243 e. The Morgan fingerprint density at radius 2 is 1.83 bits per heavy atom. The van der Waals surface area contributed by atoms with Crippen LogP contribution >= 0.6 is 0 Å². The molecule has 2 aromatic rings. The van der Waals surface area contributed by atoms with Crippen molar-refractivity contribution in [2.75, 3.05) is 32.1 Å². The minimum Gasteiger partial charge on any atom is -0.497 e. The maximum atomic E-state index is 12.9. The van der Waals surface area contributed by atoms with Gasteiger partial charge in [0.15, 0.2) is 0 Å². The Morgan fingerprint density at radius 3 is 2.47 bits per heavy atom. The molecule has 1 aliphatic heterocycles. The molecule has 1 aliphatic rings. The summed E-state index contributed by atoms with van der Waals surface area (Å²) in [5.41, 5.74) is 1.67. The third-order valence-corrected chi connectivity index (χ3v) is 5.18. The largest absolute Gasteiger partial charge is 0.497 e. The van der Waals surface area contributed by atoms with Crippen molar-refractivity contribution in [3.8, 4) is 5.75 Å². The number of benzene rings is 2. The van der Waals surface area contributed by atoms with Crippen LogP contribution < -0.4 is 10.1 Å². The molecule has 7 heteroatoms. The molecule has 3 amide bonds. The van der Waals surface area contributed by atoms with E-state index in [9.17, 15) is 14.4 Å². The highest BCUT2D eigenvalue weighted by Gasteiger charge is 2.36. The molecule has 0 unspecified atom stereocenters. The number of ether oxygens (including phenoxy) is 1. The molecule has 0 bridgehead atoms. The van der Waals surface area contributed by atoms with Crippen LogP contribution in [0.4, 0.5) is 5.69 Å². The fourth-order valence-corrected chi connectivity index (χ4v) is 3.55. The summed E-state index contributed by atoms with van der Waals surface area (Å²) in [4.78, 5) is 41.0. The smallest absolute Gasteiger partial charge is 0.243 e. The second-order valence-corrected chi connectivity index (χ2v) is 7.29. The zero-order chi connectivity index (χ0) is 21.5. The van der Waals surface area contributed by atoms with E-state index in [1.54, 1.807) is 36.3 Å². The highest BCUT2D eigenvalue weighted by atomic mass is 16.5. The lowest BCUT2D eigenvalue weighted by Gasteiger charge is -2.24.